The number of carbonyl (C=O) groups is 3. The summed E-state index contributed by atoms with van der Waals surface area (Å²) in [6.07, 6.45) is -1.94. The Morgan fingerprint density at radius 3 is 2.16 bits per heavy atom. The highest BCUT2D eigenvalue weighted by Crippen LogP contribution is 2.24. The Morgan fingerprint density at radius 2 is 1.53 bits per heavy atom. The molecular weight excluding hydrogens is 550 g/mol. The standard InChI is InChI=1S/C33H41N3O7/c1-33(2,3)43-32(40)36-28(19-26(37)20-34)30(38)35-29(31(39)41-4)18-23-11-8-12-25(17-23)24-13-15-27(16-14-24)42-21-22-9-6-5-7-10-22/h5-17,26,28-29,37H,18-21,34H2,1-4H3,(H,35,38)(H,36,40)/t26?,28-,29?/m0/s1. The lowest BCUT2D eigenvalue weighted by atomic mass is 9.99. The first kappa shape index (κ1) is 33.1. The predicted octanol–water partition coefficient (Wildman–Crippen LogP) is 3.74. The van der Waals surface area contributed by atoms with E-state index in [0.29, 0.717) is 6.61 Å². The molecule has 0 aliphatic carbocycles. The van der Waals surface area contributed by atoms with Gasteiger partial charge < -0.3 is 35.7 Å². The lowest BCUT2D eigenvalue weighted by Gasteiger charge is -2.26. The van der Waals surface area contributed by atoms with Gasteiger partial charge in [-0.15, -0.1) is 0 Å². The third kappa shape index (κ3) is 11.1. The summed E-state index contributed by atoms with van der Waals surface area (Å²) >= 11 is 0. The molecule has 2 unspecified atom stereocenters. The van der Waals surface area contributed by atoms with Crippen LogP contribution in [0.25, 0.3) is 11.1 Å². The Hall–Kier alpha value is -4.41. The van der Waals surface area contributed by atoms with Crippen LogP contribution in [0.3, 0.4) is 0 Å². The van der Waals surface area contributed by atoms with Gasteiger partial charge in [0.2, 0.25) is 5.91 Å². The van der Waals surface area contributed by atoms with E-state index in [0.717, 1.165) is 28.0 Å². The number of amides is 2. The molecule has 10 heteroatoms. The maximum absolute atomic E-state index is 13.2. The van der Waals surface area contributed by atoms with Crippen LogP contribution in [-0.2, 0) is 32.1 Å². The minimum absolute atomic E-state index is 0.118. The van der Waals surface area contributed by atoms with E-state index in [4.69, 9.17) is 19.9 Å². The van der Waals surface area contributed by atoms with E-state index in [-0.39, 0.29) is 19.4 Å². The number of benzene rings is 3. The van der Waals surface area contributed by atoms with Crippen LogP contribution in [0, 0.1) is 0 Å². The van der Waals surface area contributed by atoms with Crippen molar-refractivity contribution in [1.29, 1.82) is 0 Å². The molecule has 3 aromatic rings. The molecule has 0 heterocycles. The van der Waals surface area contributed by atoms with Crippen molar-refractivity contribution in [2.75, 3.05) is 13.7 Å². The molecule has 0 fully saturated rings. The van der Waals surface area contributed by atoms with Gasteiger partial charge in [0.25, 0.3) is 0 Å². The summed E-state index contributed by atoms with van der Waals surface area (Å²) in [5.41, 5.74) is 8.45. The summed E-state index contributed by atoms with van der Waals surface area (Å²) in [6.45, 7) is 5.41. The van der Waals surface area contributed by atoms with E-state index in [1.54, 1.807) is 20.8 Å². The van der Waals surface area contributed by atoms with Crippen LogP contribution in [0.15, 0.2) is 78.9 Å². The van der Waals surface area contributed by atoms with Gasteiger partial charge in [-0.3, -0.25) is 4.79 Å². The average molecular weight is 592 g/mol. The number of carbonyl (C=O) groups excluding carboxylic acids is 3. The number of nitrogens with two attached hydrogens (primary N) is 1. The molecular formula is C33H41N3O7. The number of esters is 1. The summed E-state index contributed by atoms with van der Waals surface area (Å²) in [5.74, 6) is -0.600. The van der Waals surface area contributed by atoms with Crippen molar-refractivity contribution in [3.8, 4) is 16.9 Å². The fourth-order valence-electron chi connectivity index (χ4n) is 4.26. The highest BCUT2D eigenvalue weighted by atomic mass is 16.6. The number of ether oxygens (including phenoxy) is 3. The zero-order valence-electron chi connectivity index (χ0n) is 25.0. The third-order valence-electron chi connectivity index (χ3n) is 6.39. The lowest BCUT2D eigenvalue weighted by molar-refractivity contribution is -0.145. The van der Waals surface area contributed by atoms with E-state index in [1.807, 2.05) is 78.9 Å². The summed E-state index contributed by atoms with van der Waals surface area (Å²) in [6, 6.07) is 22.9. The van der Waals surface area contributed by atoms with Gasteiger partial charge in [0.1, 0.15) is 30.0 Å². The zero-order chi connectivity index (χ0) is 31.4. The van der Waals surface area contributed by atoms with Gasteiger partial charge >= 0.3 is 12.1 Å². The lowest BCUT2D eigenvalue weighted by Crippen LogP contribution is -2.54. The molecule has 2 amide bonds. The summed E-state index contributed by atoms with van der Waals surface area (Å²) in [4.78, 5) is 38.3. The molecule has 0 aromatic heterocycles. The molecule has 5 N–H and O–H groups in total. The van der Waals surface area contributed by atoms with E-state index in [1.165, 1.54) is 7.11 Å². The van der Waals surface area contributed by atoms with Crippen LogP contribution in [0.5, 0.6) is 5.75 Å². The van der Waals surface area contributed by atoms with Gasteiger partial charge in [-0.05, 0) is 55.2 Å². The molecule has 0 saturated heterocycles. The monoisotopic (exact) mass is 591 g/mol. The van der Waals surface area contributed by atoms with Gasteiger partial charge in [0.05, 0.1) is 13.2 Å². The van der Waals surface area contributed by atoms with Crippen molar-refractivity contribution in [3.63, 3.8) is 0 Å². The normalized spacial score (nSPS) is 13.3. The Balaban J connectivity index is 1.71. The topological polar surface area (TPSA) is 149 Å². The predicted molar refractivity (Wildman–Crippen MR) is 163 cm³/mol. The molecule has 0 saturated carbocycles. The molecule has 230 valence electrons. The van der Waals surface area contributed by atoms with Crippen LogP contribution in [0.1, 0.15) is 38.3 Å². The van der Waals surface area contributed by atoms with E-state index in [9.17, 15) is 19.5 Å². The number of rotatable bonds is 13. The second-order valence-electron chi connectivity index (χ2n) is 11.1. The second-order valence-corrected chi connectivity index (χ2v) is 11.1. The van der Waals surface area contributed by atoms with Crippen LogP contribution < -0.4 is 21.1 Å². The molecule has 10 nitrogen and oxygen atoms in total. The number of aliphatic hydroxyl groups is 1. The number of alkyl carbamates (subject to hydrolysis) is 1. The Bertz CT molecular complexity index is 1340. The zero-order valence-corrected chi connectivity index (χ0v) is 25.0. The molecule has 0 aliphatic heterocycles. The third-order valence-corrected chi connectivity index (χ3v) is 6.39. The van der Waals surface area contributed by atoms with Crippen LogP contribution in [0.2, 0.25) is 0 Å². The fraction of sp³-hybridized carbons (Fsp3) is 0.364. The van der Waals surface area contributed by atoms with Crippen molar-refractivity contribution >= 4 is 18.0 Å². The molecule has 0 spiro atoms. The molecule has 0 aliphatic rings. The van der Waals surface area contributed by atoms with Crippen molar-refractivity contribution in [2.45, 2.75) is 64.0 Å². The molecule has 0 radical (unpaired) electrons. The first-order chi connectivity index (χ1) is 20.5. The Morgan fingerprint density at radius 1 is 0.860 bits per heavy atom. The number of nitrogens with one attached hydrogen (secondary N) is 2. The molecule has 3 aromatic carbocycles. The maximum atomic E-state index is 13.2. The minimum atomic E-state index is -1.20. The van der Waals surface area contributed by atoms with Crippen LogP contribution in [-0.4, -0.2) is 60.5 Å². The summed E-state index contributed by atoms with van der Waals surface area (Å²) in [5, 5.41) is 15.2. The van der Waals surface area contributed by atoms with Crippen molar-refractivity contribution in [3.05, 3.63) is 90.0 Å². The highest BCUT2D eigenvalue weighted by molar-refractivity contribution is 5.90. The largest absolute Gasteiger partial charge is 0.489 e. The van der Waals surface area contributed by atoms with Gasteiger partial charge in [-0.2, -0.15) is 0 Å². The van der Waals surface area contributed by atoms with Gasteiger partial charge in [0, 0.05) is 19.4 Å². The highest BCUT2D eigenvalue weighted by Gasteiger charge is 2.30. The second kappa shape index (κ2) is 15.7. The van der Waals surface area contributed by atoms with Gasteiger partial charge in [-0.1, -0.05) is 66.7 Å². The fourth-order valence-corrected chi connectivity index (χ4v) is 4.26. The van der Waals surface area contributed by atoms with Gasteiger partial charge in [-0.25, -0.2) is 9.59 Å². The molecule has 3 rings (SSSR count). The average Bonchev–Trinajstić information content (AvgIpc) is 2.98. The first-order valence-electron chi connectivity index (χ1n) is 14.1. The molecule has 0 bridgehead atoms. The maximum Gasteiger partial charge on any atom is 0.408 e. The smallest absolute Gasteiger partial charge is 0.408 e. The van der Waals surface area contributed by atoms with E-state index >= 15 is 0 Å². The quantitative estimate of drug-likeness (QED) is 0.220. The van der Waals surface area contributed by atoms with Crippen molar-refractivity contribution in [1.82, 2.24) is 10.6 Å². The van der Waals surface area contributed by atoms with Crippen LogP contribution in [0.4, 0.5) is 4.79 Å². The number of methoxy groups -OCH3 is 1. The first-order valence-corrected chi connectivity index (χ1v) is 14.1. The summed E-state index contributed by atoms with van der Waals surface area (Å²) in [7, 11) is 1.23. The Kier molecular flexibility index (Phi) is 12.1. The number of aliphatic hydroxyl groups excluding tert-OH is 1. The SMILES string of the molecule is COC(=O)C(Cc1cccc(-c2ccc(OCc3ccccc3)cc2)c1)NC(=O)[C@H](CC(O)CN)NC(=O)OC(C)(C)C. The van der Waals surface area contributed by atoms with E-state index in [2.05, 4.69) is 10.6 Å². The minimum Gasteiger partial charge on any atom is -0.489 e. The number of hydrogen-bond donors (Lipinski definition) is 4. The molecule has 3 atom stereocenters. The molecule has 43 heavy (non-hydrogen) atoms. The van der Waals surface area contributed by atoms with Crippen molar-refractivity contribution in [2.24, 2.45) is 5.73 Å². The van der Waals surface area contributed by atoms with Crippen LogP contribution >= 0.6 is 0 Å². The Labute approximate surface area is 252 Å². The summed E-state index contributed by atoms with van der Waals surface area (Å²) < 4.78 is 16.1. The van der Waals surface area contributed by atoms with Crippen molar-refractivity contribution < 1.29 is 33.7 Å². The number of hydrogen-bond acceptors (Lipinski definition) is 8. The van der Waals surface area contributed by atoms with Gasteiger partial charge in [0.15, 0.2) is 0 Å². The van der Waals surface area contributed by atoms with E-state index < -0.39 is 41.8 Å².